The Morgan fingerprint density at radius 2 is 2.17 bits per heavy atom. The van der Waals surface area contributed by atoms with Crippen LogP contribution < -0.4 is 4.90 Å². The van der Waals surface area contributed by atoms with Crippen molar-refractivity contribution >= 4 is 11.6 Å². The maximum absolute atomic E-state index is 5.96. The van der Waals surface area contributed by atoms with Crippen LogP contribution in [0.4, 0.5) is 5.82 Å². The Kier molecular flexibility index (Phi) is 4.10. The van der Waals surface area contributed by atoms with Crippen LogP contribution >= 0.6 is 0 Å². The zero-order valence-corrected chi connectivity index (χ0v) is 13.5. The van der Waals surface area contributed by atoms with E-state index >= 15 is 0 Å². The Balaban J connectivity index is 1.67. The molecule has 124 valence electrons. The SMILES string of the molecule is COCc1cc(N2CCO[C@H](c3ccccc3)C2)n2ncnc2n1. The minimum atomic E-state index is 0.0394. The molecule has 0 bridgehead atoms. The van der Waals surface area contributed by atoms with E-state index in [0.717, 1.165) is 24.6 Å². The molecule has 4 rings (SSSR count). The molecule has 7 nitrogen and oxygen atoms in total. The summed E-state index contributed by atoms with van der Waals surface area (Å²) in [5.74, 6) is 1.55. The molecule has 1 aromatic carbocycles. The van der Waals surface area contributed by atoms with Gasteiger partial charge in [0, 0.05) is 26.3 Å². The lowest BCUT2D eigenvalue weighted by molar-refractivity contribution is 0.0393. The maximum Gasteiger partial charge on any atom is 0.254 e. The molecule has 1 aliphatic rings. The highest BCUT2D eigenvalue weighted by Crippen LogP contribution is 2.26. The van der Waals surface area contributed by atoms with Gasteiger partial charge in [0.2, 0.25) is 0 Å². The number of methoxy groups -OCH3 is 1. The summed E-state index contributed by atoms with van der Waals surface area (Å²) in [4.78, 5) is 11.0. The zero-order chi connectivity index (χ0) is 16.4. The second kappa shape index (κ2) is 6.54. The molecular formula is C17H19N5O2. The van der Waals surface area contributed by atoms with Crippen LogP contribution in [0.1, 0.15) is 17.4 Å². The first-order valence-electron chi connectivity index (χ1n) is 7.95. The Hall–Kier alpha value is -2.51. The zero-order valence-electron chi connectivity index (χ0n) is 13.5. The van der Waals surface area contributed by atoms with Gasteiger partial charge in [-0.2, -0.15) is 14.6 Å². The number of morpholine rings is 1. The summed E-state index contributed by atoms with van der Waals surface area (Å²) in [5.41, 5.74) is 2.03. The van der Waals surface area contributed by atoms with Gasteiger partial charge in [-0.3, -0.25) is 0 Å². The predicted octanol–water partition coefficient (Wildman–Crippen LogP) is 1.85. The average Bonchev–Trinajstić information content (AvgIpc) is 3.11. The van der Waals surface area contributed by atoms with Gasteiger partial charge >= 0.3 is 0 Å². The molecule has 24 heavy (non-hydrogen) atoms. The molecule has 0 spiro atoms. The van der Waals surface area contributed by atoms with Crippen LogP contribution in [0.5, 0.6) is 0 Å². The van der Waals surface area contributed by atoms with E-state index in [1.165, 1.54) is 11.9 Å². The lowest BCUT2D eigenvalue weighted by Gasteiger charge is -2.34. The number of fused-ring (bicyclic) bond motifs is 1. The molecule has 0 radical (unpaired) electrons. The minimum Gasteiger partial charge on any atom is -0.378 e. The van der Waals surface area contributed by atoms with Crippen molar-refractivity contribution in [2.24, 2.45) is 0 Å². The number of rotatable bonds is 4. The van der Waals surface area contributed by atoms with E-state index in [1.807, 2.05) is 24.3 Å². The Morgan fingerprint density at radius 3 is 3.00 bits per heavy atom. The van der Waals surface area contributed by atoms with Crippen molar-refractivity contribution in [2.75, 3.05) is 31.7 Å². The van der Waals surface area contributed by atoms with E-state index in [0.29, 0.717) is 19.0 Å². The summed E-state index contributed by atoms with van der Waals surface area (Å²) < 4.78 is 13.0. The number of anilines is 1. The highest BCUT2D eigenvalue weighted by atomic mass is 16.5. The van der Waals surface area contributed by atoms with E-state index < -0.39 is 0 Å². The number of nitrogens with zero attached hydrogens (tertiary/aromatic N) is 5. The number of benzene rings is 1. The van der Waals surface area contributed by atoms with Crippen LogP contribution in [0, 0.1) is 0 Å². The highest BCUT2D eigenvalue weighted by molar-refractivity contribution is 5.48. The van der Waals surface area contributed by atoms with Crippen LogP contribution in [0.2, 0.25) is 0 Å². The lowest BCUT2D eigenvalue weighted by Crippen LogP contribution is -2.39. The third-order valence-corrected chi connectivity index (χ3v) is 4.14. The number of ether oxygens (including phenoxy) is 2. The summed E-state index contributed by atoms with van der Waals surface area (Å²) in [6, 6.07) is 12.3. The van der Waals surface area contributed by atoms with Gasteiger partial charge in [-0.05, 0) is 5.56 Å². The largest absolute Gasteiger partial charge is 0.378 e. The van der Waals surface area contributed by atoms with Gasteiger partial charge in [-0.25, -0.2) is 4.98 Å². The van der Waals surface area contributed by atoms with Gasteiger partial charge < -0.3 is 14.4 Å². The van der Waals surface area contributed by atoms with E-state index in [-0.39, 0.29) is 6.10 Å². The van der Waals surface area contributed by atoms with Crippen molar-refractivity contribution < 1.29 is 9.47 Å². The van der Waals surface area contributed by atoms with Gasteiger partial charge in [0.1, 0.15) is 18.2 Å². The Morgan fingerprint density at radius 1 is 1.29 bits per heavy atom. The topological polar surface area (TPSA) is 64.8 Å². The predicted molar refractivity (Wildman–Crippen MR) is 88.8 cm³/mol. The first kappa shape index (κ1) is 15.0. The summed E-state index contributed by atoms with van der Waals surface area (Å²) in [6.07, 6.45) is 1.56. The molecule has 0 aliphatic carbocycles. The second-order valence-corrected chi connectivity index (χ2v) is 5.73. The second-order valence-electron chi connectivity index (χ2n) is 5.73. The molecule has 1 atom stereocenters. The smallest absolute Gasteiger partial charge is 0.254 e. The fourth-order valence-corrected chi connectivity index (χ4v) is 3.02. The maximum atomic E-state index is 5.96. The monoisotopic (exact) mass is 325 g/mol. The number of aromatic nitrogens is 4. The molecule has 1 saturated heterocycles. The number of hydrogen-bond donors (Lipinski definition) is 0. The van der Waals surface area contributed by atoms with Gasteiger partial charge in [0.25, 0.3) is 5.78 Å². The van der Waals surface area contributed by atoms with Crippen LogP contribution in [0.15, 0.2) is 42.7 Å². The van der Waals surface area contributed by atoms with E-state index in [1.54, 1.807) is 11.6 Å². The summed E-state index contributed by atoms with van der Waals surface area (Å²) in [6.45, 7) is 2.67. The van der Waals surface area contributed by atoms with E-state index in [4.69, 9.17) is 9.47 Å². The standard InChI is InChI=1S/C17H19N5O2/c1-23-11-14-9-16(22-17(20-14)18-12-19-22)21-7-8-24-15(10-21)13-5-3-2-4-6-13/h2-6,9,12,15H,7-8,10-11H2,1H3/t15-/m0/s1. The van der Waals surface area contributed by atoms with Crippen LogP contribution in [0.25, 0.3) is 5.78 Å². The summed E-state index contributed by atoms with van der Waals surface area (Å²) in [7, 11) is 1.66. The van der Waals surface area contributed by atoms with Gasteiger partial charge in [0.15, 0.2) is 0 Å². The van der Waals surface area contributed by atoms with Crippen LogP contribution in [-0.4, -0.2) is 46.4 Å². The first-order chi connectivity index (χ1) is 11.8. The normalized spacial score (nSPS) is 18.2. The molecule has 0 saturated carbocycles. The van der Waals surface area contributed by atoms with E-state index in [2.05, 4.69) is 32.1 Å². The van der Waals surface area contributed by atoms with Crippen LogP contribution in [-0.2, 0) is 16.1 Å². The highest BCUT2D eigenvalue weighted by Gasteiger charge is 2.24. The van der Waals surface area contributed by atoms with Gasteiger partial charge in [-0.15, -0.1) is 0 Å². The third kappa shape index (κ3) is 2.83. The molecule has 0 amide bonds. The molecule has 1 fully saturated rings. The van der Waals surface area contributed by atoms with Crippen molar-refractivity contribution in [3.05, 3.63) is 54.0 Å². The molecule has 7 heteroatoms. The first-order valence-corrected chi connectivity index (χ1v) is 7.95. The quantitative estimate of drug-likeness (QED) is 0.729. The molecule has 3 aromatic rings. The lowest BCUT2D eigenvalue weighted by atomic mass is 10.1. The van der Waals surface area contributed by atoms with Gasteiger partial charge in [0.05, 0.1) is 18.9 Å². The fraction of sp³-hybridized carbons (Fsp3) is 0.353. The van der Waals surface area contributed by atoms with E-state index in [9.17, 15) is 0 Å². The molecular weight excluding hydrogens is 306 g/mol. The van der Waals surface area contributed by atoms with Crippen molar-refractivity contribution in [2.45, 2.75) is 12.7 Å². The third-order valence-electron chi connectivity index (χ3n) is 4.14. The summed E-state index contributed by atoms with van der Waals surface area (Å²) >= 11 is 0. The Labute approximate surface area is 139 Å². The molecule has 0 unspecified atom stereocenters. The Bertz CT molecular complexity index is 820. The van der Waals surface area contributed by atoms with Crippen molar-refractivity contribution in [1.29, 1.82) is 0 Å². The number of hydrogen-bond acceptors (Lipinski definition) is 6. The summed E-state index contributed by atoms with van der Waals surface area (Å²) in [5, 5.41) is 4.31. The molecule has 0 N–H and O–H groups in total. The van der Waals surface area contributed by atoms with Crippen LogP contribution in [0.3, 0.4) is 0 Å². The van der Waals surface area contributed by atoms with Crippen molar-refractivity contribution in [3.8, 4) is 0 Å². The fourth-order valence-electron chi connectivity index (χ4n) is 3.02. The minimum absolute atomic E-state index is 0.0394. The van der Waals surface area contributed by atoms with Crippen molar-refractivity contribution in [1.82, 2.24) is 19.6 Å². The molecule has 1 aliphatic heterocycles. The molecule has 2 aromatic heterocycles. The molecule has 3 heterocycles. The van der Waals surface area contributed by atoms with Crippen molar-refractivity contribution in [3.63, 3.8) is 0 Å². The van der Waals surface area contributed by atoms with Gasteiger partial charge in [-0.1, -0.05) is 30.3 Å². The average molecular weight is 325 g/mol.